The Morgan fingerprint density at radius 2 is 1.75 bits per heavy atom. The first-order valence-electron chi connectivity index (χ1n) is 8.30. The second-order valence-corrected chi connectivity index (χ2v) is 6.37. The molecule has 0 spiro atoms. The molecule has 2 rings (SSSR count). The minimum Gasteiger partial charge on any atom is -0.465 e. The van der Waals surface area contributed by atoms with Crippen molar-refractivity contribution in [3.05, 3.63) is 0 Å². The Morgan fingerprint density at radius 3 is 2.35 bits per heavy atom. The highest BCUT2D eigenvalue weighted by Gasteiger charge is 2.30. The minimum absolute atomic E-state index is 0.0430. The van der Waals surface area contributed by atoms with Crippen molar-refractivity contribution in [1.82, 2.24) is 9.80 Å². The molecule has 0 aliphatic carbocycles. The van der Waals surface area contributed by atoms with E-state index in [1.165, 1.54) is 25.9 Å². The summed E-state index contributed by atoms with van der Waals surface area (Å²) in [6.07, 6.45) is 6.60. The van der Waals surface area contributed by atoms with Gasteiger partial charge in [0.15, 0.2) is 0 Å². The summed E-state index contributed by atoms with van der Waals surface area (Å²) in [5.41, 5.74) is 0. The number of hydrogen-bond donors (Lipinski definition) is 0. The van der Waals surface area contributed by atoms with Gasteiger partial charge in [-0.1, -0.05) is 13.3 Å². The number of carbonyl (C=O) groups is 1. The molecule has 2 aliphatic rings. The monoisotopic (exact) mass is 282 g/mol. The Morgan fingerprint density at radius 1 is 1.10 bits per heavy atom. The van der Waals surface area contributed by atoms with Crippen molar-refractivity contribution in [2.45, 2.75) is 51.5 Å². The van der Waals surface area contributed by atoms with Crippen LogP contribution in [0.5, 0.6) is 0 Å². The second kappa shape index (κ2) is 7.99. The van der Waals surface area contributed by atoms with E-state index in [2.05, 4.69) is 23.8 Å². The van der Waals surface area contributed by atoms with Crippen molar-refractivity contribution in [2.75, 3.05) is 39.8 Å². The summed E-state index contributed by atoms with van der Waals surface area (Å²) >= 11 is 0. The van der Waals surface area contributed by atoms with Crippen LogP contribution in [0.2, 0.25) is 0 Å². The molecule has 0 aromatic rings. The van der Waals surface area contributed by atoms with Crippen LogP contribution >= 0.6 is 0 Å². The van der Waals surface area contributed by atoms with Crippen molar-refractivity contribution in [2.24, 2.45) is 5.92 Å². The van der Waals surface area contributed by atoms with E-state index in [-0.39, 0.29) is 11.9 Å². The lowest BCUT2D eigenvalue weighted by molar-refractivity contribution is -0.150. The predicted octanol–water partition coefficient (Wildman–Crippen LogP) is 2.14. The van der Waals surface area contributed by atoms with E-state index in [4.69, 9.17) is 4.74 Å². The molecule has 4 heteroatoms. The zero-order valence-electron chi connectivity index (χ0n) is 13.1. The Kier molecular flexibility index (Phi) is 6.30. The first kappa shape index (κ1) is 15.8. The maximum absolute atomic E-state index is 12.0. The van der Waals surface area contributed by atoms with Gasteiger partial charge in [0.1, 0.15) is 0 Å². The summed E-state index contributed by atoms with van der Waals surface area (Å²) < 4.78 is 5.35. The summed E-state index contributed by atoms with van der Waals surface area (Å²) in [5, 5.41) is 0. The van der Waals surface area contributed by atoms with Crippen LogP contribution in [0.1, 0.15) is 45.4 Å². The number of unbranched alkanes of at least 4 members (excludes halogenated alkanes) is 1. The second-order valence-electron chi connectivity index (χ2n) is 6.37. The molecule has 2 saturated heterocycles. The maximum Gasteiger partial charge on any atom is 0.309 e. The Balaban J connectivity index is 1.68. The molecule has 0 bridgehead atoms. The minimum atomic E-state index is 0.0430. The van der Waals surface area contributed by atoms with E-state index in [9.17, 15) is 4.79 Å². The first-order valence-corrected chi connectivity index (χ1v) is 8.30. The number of ether oxygens (including phenoxy) is 1. The lowest BCUT2D eigenvalue weighted by Crippen LogP contribution is -2.47. The van der Waals surface area contributed by atoms with E-state index < -0.39 is 0 Å². The number of carbonyl (C=O) groups excluding carboxylic acids is 1. The molecule has 2 fully saturated rings. The van der Waals surface area contributed by atoms with Crippen LogP contribution in [0.25, 0.3) is 0 Å². The van der Waals surface area contributed by atoms with Gasteiger partial charge in [0, 0.05) is 6.04 Å². The molecule has 2 aliphatic heterocycles. The quantitative estimate of drug-likeness (QED) is 0.571. The van der Waals surface area contributed by atoms with Crippen molar-refractivity contribution in [3.63, 3.8) is 0 Å². The highest BCUT2D eigenvalue weighted by atomic mass is 16.5. The Hall–Kier alpha value is -0.610. The van der Waals surface area contributed by atoms with Gasteiger partial charge in [0.25, 0.3) is 0 Å². The molecule has 20 heavy (non-hydrogen) atoms. The first-order chi connectivity index (χ1) is 9.70. The summed E-state index contributed by atoms with van der Waals surface area (Å²) in [6, 6.07) is 0.739. The fourth-order valence-corrected chi connectivity index (χ4v) is 3.30. The lowest BCUT2D eigenvalue weighted by atomic mass is 9.93. The molecule has 0 unspecified atom stereocenters. The molecule has 0 aromatic carbocycles. The number of nitrogens with zero attached hydrogens (tertiary/aromatic N) is 2. The highest BCUT2D eigenvalue weighted by molar-refractivity contribution is 5.72. The van der Waals surface area contributed by atoms with Gasteiger partial charge in [-0.3, -0.25) is 4.79 Å². The van der Waals surface area contributed by atoms with Crippen LogP contribution in [0.3, 0.4) is 0 Å². The average molecular weight is 282 g/mol. The van der Waals surface area contributed by atoms with Crippen LogP contribution in [-0.2, 0) is 9.53 Å². The number of likely N-dealkylation sites (tertiary alicyclic amines) is 2. The van der Waals surface area contributed by atoms with E-state index in [1.807, 2.05) is 0 Å². The summed E-state index contributed by atoms with van der Waals surface area (Å²) in [7, 11) is 2.20. The Bertz CT molecular complexity index is 293. The third kappa shape index (κ3) is 4.45. The van der Waals surface area contributed by atoms with Gasteiger partial charge >= 0.3 is 5.97 Å². The van der Waals surface area contributed by atoms with E-state index in [0.717, 1.165) is 44.8 Å². The van der Waals surface area contributed by atoms with Gasteiger partial charge < -0.3 is 14.5 Å². The molecular formula is C16H30N2O2. The SMILES string of the molecule is CCCCOC(=O)C1CCN(C2CCN(C)CC2)CC1. The maximum atomic E-state index is 12.0. The van der Waals surface area contributed by atoms with E-state index in [1.54, 1.807) is 0 Å². The third-order valence-electron chi connectivity index (χ3n) is 4.81. The summed E-state index contributed by atoms with van der Waals surface area (Å²) in [5.74, 6) is 0.191. The van der Waals surface area contributed by atoms with Gasteiger partial charge in [-0.2, -0.15) is 0 Å². The normalized spacial score (nSPS) is 23.9. The van der Waals surface area contributed by atoms with Crippen LogP contribution in [0.4, 0.5) is 0 Å². The van der Waals surface area contributed by atoms with Gasteiger partial charge in [0.2, 0.25) is 0 Å². The third-order valence-corrected chi connectivity index (χ3v) is 4.81. The van der Waals surface area contributed by atoms with E-state index >= 15 is 0 Å². The number of piperidine rings is 2. The summed E-state index contributed by atoms with van der Waals surface area (Å²) in [6.45, 7) is 7.29. The standard InChI is InChI=1S/C16H30N2O2/c1-3-4-13-20-16(19)14-5-11-18(12-6-14)15-7-9-17(2)10-8-15/h14-15H,3-13H2,1-2H3. The highest BCUT2D eigenvalue weighted by Crippen LogP contribution is 2.24. The van der Waals surface area contributed by atoms with Gasteiger partial charge in [-0.25, -0.2) is 0 Å². The van der Waals surface area contributed by atoms with Crippen molar-refractivity contribution < 1.29 is 9.53 Å². The fraction of sp³-hybridized carbons (Fsp3) is 0.938. The van der Waals surface area contributed by atoms with Gasteiger partial charge in [-0.05, 0) is 65.3 Å². The van der Waals surface area contributed by atoms with Crippen molar-refractivity contribution >= 4 is 5.97 Å². The van der Waals surface area contributed by atoms with Crippen molar-refractivity contribution in [1.29, 1.82) is 0 Å². The largest absolute Gasteiger partial charge is 0.465 e. The van der Waals surface area contributed by atoms with Crippen LogP contribution < -0.4 is 0 Å². The number of hydrogen-bond acceptors (Lipinski definition) is 4. The smallest absolute Gasteiger partial charge is 0.309 e. The zero-order valence-corrected chi connectivity index (χ0v) is 13.1. The van der Waals surface area contributed by atoms with Crippen LogP contribution in [0.15, 0.2) is 0 Å². The number of esters is 1. The molecule has 116 valence electrons. The Labute approximate surface area is 123 Å². The topological polar surface area (TPSA) is 32.8 Å². The zero-order chi connectivity index (χ0) is 14.4. The predicted molar refractivity (Wildman–Crippen MR) is 80.7 cm³/mol. The number of rotatable bonds is 5. The van der Waals surface area contributed by atoms with Gasteiger partial charge in [0.05, 0.1) is 12.5 Å². The molecule has 0 atom stereocenters. The van der Waals surface area contributed by atoms with Crippen molar-refractivity contribution in [3.8, 4) is 0 Å². The molecule has 0 N–H and O–H groups in total. The molecule has 0 saturated carbocycles. The summed E-state index contributed by atoms with van der Waals surface area (Å²) in [4.78, 5) is 17.0. The molecule has 2 heterocycles. The molecule has 0 amide bonds. The van der Waals surface area contributed by atoms with Crippen LogP contribution in [-0.4, -0.2) is 61.6 Å². The molecular weight excluding hydrogens is 252 g/mol. The van der Waals surface area contributed by atoms with E-state index in [0.29, 0.717) is 6.61 Å². The van der Waals surface area contributed by atoms with Gasteiger partial charge in [-0.15, -0.1) is 0 Å². The molecule has 4 nitrogen and oxygen atoms in total. The lowest BCUT2D eigenvalue weighted by Gasteiger charge is -2.40. The molecule has 0 aromatic heterocycles. The van der Waals surface area contributed by atoms with Crippen LogP contribution in [0, 0.1) is 5.92 Å². The molecule has 0 radical (unpaired) electrons. The fourth-order valence-electron chi connectivity index (χ4n) is 3.30. The average Bonchev–Trinajstić information content (AvgIpc) is 2.48.